The highest BCUT2D eigenvalue weighted by Crippen LogP contribution is 2.33. The Kier molecular flexibility index (Phi) is 5.06. The summed E-state index contributed by atoms with van der Waals surface area (Å²) in [6.45, 7) is 0. The normalized spacial score (nSPS) is 16.5. The van der Waals surface area contributed by atoms with Crippen LogP contribution in [0.4, 0.5) is 0 Å². The SMILES string of the molecule is CN(C(=O)CSc1ccc2ccccc2n1)C1(C#N)CCCCC1. The van der Waals surface area contributed by atoms with Crippen molar-refractivity contribution >= 4 is 28.6 Å². The van der Waals surface area contributed by atoms with Crippen LogP contribution in [0.2, 0.25) is 0 Å². The van der Waals surface area contributed by atoms with Gasteiger partial charge in [0, 0.05) is 12.4 Å². The van der Waals surface area contributed by atoms with Crippen LogP contribution in [0.3, 0.4) is 0 Å². The van der Waals surface area contributed by atoms with Gasteiger partial charge in [-0.2, -0.15) is 5.26 Å². The summed E-state index contributed by atoms with van der Waals surface area (Å²) in [5, 5.41) is 11.5. The molecule has 1 fully saturated rings. The smallest absolute Gasteiger partial charge is 0.234 e. The Bertz CT molecular complexity index is 778. The highest BCUT2D eigenvalue weighted by atomic mass is 32.2. The van der Waals surface area contributed by atoms with Crippen molar-refractivity contribution in [1.82, 2.24) is 9.88 Å². The summed E-state index contributed by atoms with van der Waals surface area (Å²) in [7, 11) is 1.77. The van der Waals surface area contributed by atoms with Crippen molar-refractivity contribution in [3.8, 4) is 6.07 Å². The molecule has 0 N–H and O–H groups in total. The number of carbonyl (C=O) groups excluding carboxylic acids is 1. The quantitative estimate of drug-likeness (QED) is 0.790. The predicted molar refractivity (Wildman–Crippen MR) is 96.7 cm³/mol. The van der Waals surface area contributed by atoms with Crippen molar-refractivity contribution in [1.29, 1.82) is 5.26 Å². The van der Waals surface area contributed by atoms with Crippen LogP contribution in [0.5, 0.6) is 0 Å². The molecule has 0 bridgehead atoms. The van der Waals surface area contributed by atoms with Crippen molar-refractivity contribution in [3.05, 3.63) is 36.4 Å². The van der Waals surface area contributed by atoms with Crippen LogP contribution < -0.4 is 0 Å². The van der Waals surface area contributed by atoms with E-state index in [9.17, 15) is 10.1 Å². The van der Waals surface area contributed by atoms with Gasteiger partial charge in [-0.1, -0.05) is 55.3 Å². The van der Waals surface area contributed by atoms with E-state index in [2.05, 4.69) is 11.1 Å². The molecule has 5 heteroatoms. The van der Waals surface area contributed by atoms with Crippen molar-refractivity contribution in [2.75, 3.05) is 12.8 Å². The average Bonchev–Trinajstić information content (AvgIpc) is 2.65. The van der Waals surface area contributed by atoms with E-state index in [-0.39, 0.29) is 5.91 Å². The molecule has 0 spiro atoms. The van der Waals surface area contributed by atoms with E-state index in [1.165, 1.54) is 11.8 Å². The highest BCUT2D eigenvalue weighted by Gasteiger charge is 2.38. The molecular formula is C19H21N3OS. The van der Waals surface area contributed by atoms with Gasteiger partial charge in [0.1, 0.15) is 5.54 Å². The minimum atomic E-state index is -0.618. The van der Waals surface area contributed by atoms with Gasteiger partial charge in [0.15, 0.2) is 0 Å². The Labute approximate surface area is 146 Å². The molecule has 1 heterocycles. The third kappa shape index (κ3) is 3.39. The lowest BCUT2D eigenvalue weighted by atomic mass is 9.81. The molecule has 0 saturated heterocycles. The van der Waals surface area contributed by atoms with Crippen molar-refractivity contribution < 1.29 is 4.79 Å². The lowest BCUT2D eigenvalue weighted by Crippen LogP contribution is -2.50. The molecular weight excluding hydrogens is 318 g/mol. The monoisotopic (exact) mass is 339 g/mol. The second-order valence-corrected chi connectivity index (χ2v) is 7.28. The lowest BCUT2D eigenvalue weighted by molar-refractivity contribution is -0.131. The molecule has 1 aliphatic carbocycles. The Morgan fingerprint density at radius 1 is 1.25 bits per heavy atom. The van der Waals surface area contributed by atoms with Gasteiger partial charge in [0.25, 0.3) is 0 Å². The Morgan fingerprint density at radius 2 is 2.00 bits per heavy atom. The number of benzene rings is 1. The number of nitrogens with zero attached hydrogens (tertiary/aromatic N) is 3. The van der Waals surface area contributed by atoms with Gasteiger partial charge in [-0.05, 0) is 25.0 Å². The van der Waals surface area contributed by atoms with Crippen LogP contribution in [-0.2, 0) is 4.79 Å². The molecule has 3 rings (SSSR count). The summed E-state index contributed by atoms with van der Waals surface area (Å²) in [5.74, 6) is 0.309. The topological polar surface area (TPSA) is 57.0 Å². The van der Waals surface area contributed by atoms with Crippen molar-refractivity contribution in [2.24, 2.45) is 0 Å². The van der Waals surface area contributed by atoms with Gasteiger partial charge in [0.2, 0.25) is 5.91 Å². The summed E-state index contributed by atoms with van der Waals surface area (Å²) in [4.78, 5) is 18.8. The molecule has 4 nitrogen and oxygen atoms in total. The number of hydrogen-bond acceptors (Lipinski definition) is 4. The van der Waals surface area contributed by atoms with Crippen molar-refractivity contribution in [3.63, 3.8) is 0 Å². The summed E-state index contributed by atoms with van der Waals surface area (Å²) in [6.07, 6.45) is 4.76. The average molecular weight is 339 g/mol. The fourth-order valence-electron chi connectivity index (χ4n) is 3.26. The Hall–Kier alpha value is -2.06. The first kappa shape index (κ1) is 16.8. The zero-order chi connectivity index (χ0) is 17.0. The maximum atomic E-state index is 12.6. The first-order valence-electron chi connectivity index (χ1n) is 8.31. The summed E-state index contributed by atoms with van der Waals surface area (Å²) in [5.41, 5.74) is 0.316. The molecule has 124 valence electrons. The largest absolute Gasteiger partial charge is 0.326 e. The number of fused-ring (bicyclic) bond motifs is 1. The number of rotatable bonds is 4. The van der Waals surface area contributed by atoms with Crippen molar-refractivity contribution in [2.45, 2.75) is 42.7 Å². The number of aromatic nitrogens is 1. The van der Waals surface area contributed by atoms with E-state index in [1.54, 1.807) is 11.9 Å². The number of nitriles is 1. The number of carbonyl (C=O) groups is 1. The number of pyridine rings is 1. The lowest BCUT2D eigenvalue weighted by Gasteiger charge is -2.39. The molecule has 0 atom stereocenters. The minimum Gasteiger partial charge on any atom is -0.326 e. The number of thioether (sulfide) groups is 1. The van der Waals surface area contributed by atoms with Crippen LogP contribution >= 0.6 is 11.8 Å². The zero-order valence-corrected chi connectivity index (χ0v) is 14.7. The van der Waals surface area contributed by atoms with Gasteiger partial charge in [0.05, 0.1) is 22.4 Å². The molecule has 0 aliphatic heterocycles. The molecule has 1 aliphatic rings. The van der Waals surface area contributed by atoms with Gasteiger partial charge in [-0.15, -0.1) is 0 Å². The Balaban J connectivity index is 1.66. The number of hydrogen-bond donors (Lipinski definition) is 0. The van der Waals surface area contributed by atoms with Crippen LogP contribution in [-0.4, -0.2) is 34.1 Å². The molecule has 1 aromatic carbocycles. The molecule has 1 amide bonds. The number of amides is 1. The first-order chi connectivity index (χ1) is 11.6. The molecule has 0 radical (unpaired) electrons. The summed E-state index contributed by atoms with van der Waals surface area (Å²) >= 11 is 1.43. The Morgan fingerprint density at radius 3 is 2.75 bits per heavy atom. The van der Waals surface area contributed by atoms with E-state index in [4.69, 9.17) is 0 Å². The van der Waals surface area contributed by atoms with Gasteiger partial charge >= 0.3 is 0 Å². The maximum Gasteiger partial charge on any atom is 0.234 e. The van der Waals surface area contributed by atoms with Crippen LogP contribution in [0.15, 0.2) is 41.4 Å². The van der Waals surface area contributed by atoms with Crippen LogP contribution in [0.1, 0.15) is 32.1 Å². The molecule has 24 heavy (non-hydrogen) atoms. The zero-order valence-electron chi connectivity index (χ0n) is 13.9. The van der Waals surface area contributed by atoms with Crippen LogP contribution in [0, 0.1) is 11.3 Å². The molecule has 1 aromatic heterocycles. The standard InChI is InChI=1S/C19H21N3OS/c1-22(19(14-20)11-5-2-6-12-19)18(23)13-24-17-10-9-15-7-3-4-8-16(15)21-17/h3-4,7-10H,2,5-6,11-13H2,1H3. The first-order valence-corrected chi connectivity index (χ1v) is 9.30. The van der Waals surface area contributed by atoms with E-state index >= 15 is 0 Å². The highest BCUT2D eigenvalue weighted by molar-refractivity contribution is 7.99. The van der Waals surface area contributed by atoms with E-state index in [1.807, 2.05) is 36.4 Å². The summed E-state index contributed by atoms with van der Waals surface area (Å²) < 4.78 is 0. The number of para-hydroxylation sites is 1. The fraction of sp³-hybridized carbons (Fsp3) is 0.421. The third-order valence-corrected chi connectivity index (χ3v) is 5.74. The van der Waals surface area contributed by atoms with Crippen LogP contribution in [0.25, 0.3) is 10.9 Å². The van der Waals surface area contributed by atoms with Gasteiger partial charge in [-0.25, -0.2) is 4.98 Å². The van der Waals surface area contributed by atoms with E-state index < -0.39 is 5.54 Å². The second-order valence-electron chi connectivity index (χ2n) is 6.29. The predicted octanol–water partition coefficient (Wildman–Crippen LogP) is 4.01. The summed E-state index contributed by atoms with van der Waals surface area (Å²) in [6, 6.07) is 14.3. The maximum absolute atomic E-state index is 12.6. The molecule has 2 aromatic rings. The van der Waals surface area contributed by atoms with E-state index in [0.717, 1.165) is 48.0 Å². The van der Waals surface area contributed by atoms with E-state index in [0.29, 0.717) is 5.75 Å². The third-order valence-electron chi connectivity index (χ3n) is 4.82. The molecule has 1 saturated carbocycles. The second kappa shape index (κ2) is 7.23. The minimum absolute atomic E-state index is 0.00147. The molecule has 0 unspecified atom stereocenters. The van der Waals surface area contributed by atoms with Gasteiger partial charge < -0.3 is 4.90 Å². The van der Waals surface area contributed by atoms with Gasteiger partial charge in [-0.3, -0.25) is 4.79 Å². The fourth-order valence-corrected chi connectivity index (χ4v) is 4.05.